The smallest absolute Gasteiger partial charge is 0.382 e. The van der Waals surface area contributed by atoms with E-state index in [1.54, 1.807) is 0 Å². The first-order valence-electron chi connectivity index (χ1n) is 3.45. The maximum atomic E-state index is 10.3. The second-order valence-electron chi connectivity index (χ2n) is 2.05. The number of hydrogen-bond acceptors (Lipinski definition) is 3. The van der Waals surface area contributed by atoms with Crippen LogP contribution in [0.5, 0.6) is 0 Å². The van der Waals surface area contributed by atoms with Gasteiger partial charge in [0.25, 0.3) is 5.97 Å². The van der Waals surface area contributed by atoms with Crippen LogP contribution < -0.4 is 0 Å². The fourth-order valence-electron chi connectivity index (χ4n) is 0.552. The number of hydrogen-bond donors (Lipinski definition) is 0. The van der Waals surface area contributed by atoms with E-state index < -0.39 is 9.28 Å². The molecule has 0 aliphatic rings. The second-order valence-corrected chi connectivity index (χ2v) is 3.75. The molecule has 0 radical (unpaired) electrons. The molecule has 0 aromatic rings. The minimum atomic E-state index is -1.63. The maximum absolute atomic E-state index is 10.3. The maximum Gasteiger partial charge on any atom is 0.382 e. The molecule has 1 unspecified atom stereocenters. The summed E-state index contributed by atoms with van der Waals surface area (Å²) in [4.78, 5) is 10.3. The average molecular weight is 162 g/mol. The summed E-state index contributed by atoms with van der Waals surface area (Å²) < 4.78 is 10.0. The van der Waals surface area contributed by atoms with Crippen LogP contribution in [0.15, 0.2) is 0 Å². The van der Waals surface area contributed by atoms with Gasteiger partial charge in [0.1, 0.15) is 0 Å². The van der Waals surface area contributed by atoms with Crippen LogP contribution in [0.4, 0.5) is 0 Å². The van der Waals surface area contributed by atoms with Crippen molar-refractivity contribution in [3.05, 3.63) is 0 Å². The van der Waals surface area contributed by atoms with E-state index in [1.165, 1.54) is 6.92 Å². The van der Waals surface area contributed by atoms with Crippen molar-refractivity contribution in [1.29, 1.82) is 0 Å². The lowest BCUT2D eigenvalue weighted by molar-refractivity contribution is -0.133. The zero-order chi connectivity index (χ0) is 7.98. The predicted molar refractivity (Wildman–Crippen MR) is 41.0 cm³/mol. The van der Waals surface area contributed by atoms with Crippen molar-refractivity contribution in [3.63, 3.8) is 0 Å². The summed E-state index contributed by atoms with van der Waals surface area (Å²) in [6.07, 6.45) is 0.971. The molecule has 0 aliphatic carbocycles. The molecule has 4 heteroatoms. The largest absolute Gasteiger partial charge is 0.497 e. The van der Waals surface area contributed by atoms with Crippen molar-refractivity contribution in [2.45, 2.75) is 26.8 Å². The Kier molecular flexibility index (Phi) is 5.24. The number of carbonyl (C=O) groups is 1. The van der Waals surface area contributed by atoms with E-state index in [0.717, 1.165) is 6.42 Å². The zero-order valence-corrected chi connectivity index (χ0v) is 7.87. The van der Waals surface area contributed by atoms with Gasteiger partial charge in [0.05, 0.1) is 0 Å². The third kappa shape index (κ3) is 5.78. The van der Waals surface area contributed by atoms with Gasteiger partial charge in [0, 0.05) is 13.5 Å². The normalized spacial score (nSPS) is 12.7. The molecular weight excluding hydrogens is 148 g/mol. The summed E-state index contributed by atoms with van der Waals surface area (Å²) >= 11 is 0. The van der Waals surface area contributed by atoms with Gasteiger partial charge in [-0.25, -0.2) is 0 Å². The van der Waals surface area contributed by atoms with E-state index in [2.05, 4.69) is 0 Å². The van der Waals surface area contributed by atoms with Crippen LogP contribution in [0.2, 0.25) is 6.55 Å². The standard InChI is InChI=1S/C6H14O3Si/c1-4-5-8-10(3)9-6(2)7/h10H,4-5H2,1-3H3. The zero-order valence-electron chi connectivity index (χ0n) is 6.72. The van der Waals surface area contributed by atoms with Crippen LogP contribution in [0, 0.1) is 0 Å². The van der Waals surface area contributed by atoms with Crippen molar-refractivity contribution in [3.8, 4) is 0 Å². The van der Waals surface area contributed by atoms with Crippen LogP contribution >= 0.6 is 0 Å². The van der Waals surface area contributed by atoms with Gasteiger partial charge in [-0.3, -0.25) is 4.79 Å². The Balaban J connectivity index is 3.25. The van der Waals surface area contributed by atoms with Crippen LogP contribution in [0.3, 0.4) is 0 Å². The molecule has 3 nitrogen and oxygen atoms in total. The molecule has 60 valence electrons. The highest BCUT2D eigenvalue weighted by molar-refractivity contribution is 6.44. The highest BCUT2D eigenvalue weighted by atomic mass is 28.3. The first-order chi connectivity index (χ1) is 4.66. The minimum absolute atomic E-state index is 0.240. The third-order valence-corrected chi connectivity index (χ3v) is 2.26. The lowest BCUT2D eigenvalue weighted by Crippen LogP contribution is -2.21. The Bertz CT molecular complexity index is 105. The topological polar surface area (TPSA) is 35.5 Å². The van der Waals surface area contributed by atoms with E-state index in [9.17, 15) is 4.79 Å². The van der Waals surface area contributed by atoms with E-state index in [-0.39, 0.29) is 5.97 Å². The lowest BCUT2D eigenvalue weighted by Gasteiger charge is -2.09. The SMILES string of the molecule is CCCO[SiH](C)OC(C)=O. The first-order valence-corrected chi connectivity index (χ1v) is 5.55. The molecule has 0 aliphatic heterocycles. The molecule has 0 rings (SSSR count). The molecule has 0 aromatic carbocycles. The van der Waals surface area contributed by atoms with Crippen molar-refractivity contribution < 1.29 is 13.6 Å². The summed E-state index contributed by atoms with van der Waals surface area (Å²) in [6.45, 7) is 5.96. The molecule has 0 N–H and O–H groups in total. The van der Waals surface area contributed by atoms with Crippen LogP contribution in [0.1, 0.15) is 20.3 Å². The van der Waals surface area contributed by atoms with Crippen LogP contribution in [-0.2, 0) is 13.6 Å². The van der Waals surface area contributed by atoms with Gasteiger partial charge >= 0.3 is 9.28 Å². The average Bonchev–Trinajstić information content (AvgIpc) is 1.82. The summed E-state index contributed by atoms with van der Waals surface area (Å²) in [5, 5.41) is 0. The second kappa shape index (κ2) is 5.43. The molecule has 0 fully saturated rings. The van der Waals surface area contributed by atoms with Crippen molar-refractivity contribution in [1.82, 2.24) is 0 Å². The minimum Gasteiger partial charge on any atom is -0.497 e. The first kappa shape index (κ1) is 9.65. The lowest BCUT2D eigenvalue weighted by atomic mass is 10.5. The fourth-order valence-corrected chi connectivity index (χ4v) is 1.65. The Morgan fingerprint density at radius 1 is 1.60 bits per heavy atom. The van der Waals surface area contributed by atoms with E-state index in [0.29, 0.717) is 6.61 Å². The molecule has 0 bridgehead atoms. The summed E-state index contributed by atoms with van der Waals surface area (Å²) in [5.74, 6) is -0.240. The van der Waals surface area contributed by atoms with Gasteiger partial charge in [-0.15, -0.1) is 0 Å². The van der Waals surface area contributed by atoms with Crippen molar-refractivity contribution in [2.24, 2.45) is 0 Å². The highest BCUT2D eigenvalue weighted by Crippen LogP contribution is 1.90. The van der Waals surface area contributed by atoms with Crippen molar-refractivity contribution >= 4 is 15.3 Å². The molecular formula is C6H14O3Si. The van der Waals surface area contributed by atoms with E-state index in [1.807, 2.05) is 13.5 Å². The number of rotatable bonds is 4. The van der Waals surface area contributed by atoms with Gasteiger partial charge in [0.15, 0.2) is 0 Å². The molecule has 0 aromatic heterocycles. The molecule has 0 amide bonds. The summed E-state index contributed by atoms with van der Waals surface area (Å²) in [7, 11) is -1.63. The Hall–Kier alpha value is -0.353. The number of carbonyl (C=O) groups excluding carboxylic acids is 1. The van der Waals surface area contributed by atoms with Gasteiger partial charge in [0.2, 0.25) is 0 Å². The monoisotopic (exact) mass is 162 g/mol. The van der Waals surface area contributed by atoms with Gasteiger partial charge in [-0.1, -0.05) is 6.92 Å². The predicted octanol–water partition coefficient (Wildman–Crippen LogP) is 0.826. The molecule has 10 heavy (non-hydrogen) atoms. The van der Waals surface area contributed by atoms with E-state index in [4.69, 9.17) is 8.85 Å². The molecule has 0 saturated carbocycles. The molecule has 0 spiro atoms. The van der Waals surface area contributed by atoms with Gasteiger partial charge < -0.3 is 8.85 Å². The quantitative estimate of drug-likeness (QED) is 0.574. The van der Waals surface area contributed by atoms with Crippen LogP contribution in [0.25, 0.3) is 0 Å². The van der Waals surface area contributed by atoms with Gasteiger partial charge in [-0.05, 0) is 13.0 Å². The molecule has 0 saturated heterocycles. The molecule has 0 heterocycles. The van der Waals surface area contributed by atoms with Crippen molar-refractivity contribution in [2.75, 3.05) is 6.61 Å². The fraction of sp³-hybridized carbons (Fsp3) is 0.833. The van der Waals surface area contributed by atoms with Crippen LogP contribution in [-0.4, -0.2) is 21.9 Å². The Labute approximate surface area is 63.2 Å². The molecule has 1 atom stereocenters. The Morgan fingerprint density at radius 2 is 2.20 bits per heavy atom. The van der Waals surface area contributed by atoms with E-state index >= 15 is 0 Å². The Morgan fingerprint density at radius 3 is 2.60 bits per heavy atom. The highest BCUT2D eigenvalue weighted by Gasteiger charge is 2.06. The summed E-state index contributed by atoms with van der Waals surface area (Å²) in [5.41, 5.74) is 0. The summed E-state index contributed by atoms with van der Waals surface area (Å²) in [6, 6.07) is 0. The van der Waals surface area contributed by atoms with Gasteiger partial charge in [-0.2, -0.15) is 0 Å². The third-order valence-electron chi connectivity index (χ3n) is 0.889.